The van der Waals surface area contributed by atoms with Gasteiger partial charge in [0.15, 0.2) is 0 Å². The van der Waals surface area contributed by atoms with Gasteiger partial charge in [0.2, 0.25) is 0 Å². The number of hydrazone groups is 1. The second-order valence-electron chi connectivity index (χ2n) is 3.32. The topological polar surface area (TPSA) is 24.4 Å². The molecule has 0 fully saturated rings. The molecule has 0 radical (unpaired) electrons. The minimum Gasteiger partial charge on any atom is -0.309 e. The standard InChI is InChI=1S/C10H9F3N2/c11-10(12,13)8-6-14-15-9(8)7-4-2-1-3-5-7/h1-5,8,14H,6H2. The van der Waals surface area contributed by atoms with Gasteiger partial charge < -0.3 is 5.43 Å². The number of hydrogen-bond donors (Lipinski definition) is 1. The van der Waals surface area contributed by atoms with Crippen molar-refractivity contribution >= 4 is 5.71 Å². The van der Waals surface area contributed by atoms with Crippen LogP contribution < -0.4 is 5.43 Å². The summed E-state index contributed by atoms with van der Waals surface area (Å²) in [5.41, 5.74) is 2.99. The number of nitrogens with one attached hydrogen (secondary N) is 1. The molecular formula is C10H9F3N2. The van der Waals surface area contributed by atoms with Crippen LogP contribution in [-0.2, 0) is 0 Å². The SMILES string of the molecule is FC(F)(F)C1CNN=C1c1ccccc1. The number of alkyl halides is 3. The third-order valence-corrected chi connectivity index (χ3v) is 2.29. The van der Waals surface area contributed by atoms with Gasteiger partial charge in [0, 0.05) is 0 Å². The van der Waals surface area contributed by atoms with Crippen LogP contribution in [0.25, 0.3) is 0 Å². The van der Waals surface area contributed by atoms with Gasteiger partial charge in [-0.2, -0.15) is 18.3 Å². The van der Waals surface area contributed by atoms with Gasteiger partial charge in [0.25, 0.3) is 0 Å². The first-order chi connectivity index (χ1) is 7.09. The van der Waals surface area contributed by atoms with Crippen LogP contribution >= 0.6 is 0 Å². The average molecular weight is 214 g/mol. The summed E-state index contributed by atoms with van der Waals surface area (Å²) < 4.78 is 37.7. The molecule has 1 heterocycles. The molecule has 0 amide bonds. The fraction of sp³-hybridized carbons (Fsp3) is 0.300. The van der Waals surface area contributed by atoms with E-state index < -0.39 is 12.1 Å². The zero-order valence-corrected chi connectivity index (χ0v) is 7.75. The number of hydrogen-bond acceptors (Lipinski definition) is 2. The molecule has 80 valence electrons. The molecule has 1 aliphatic heterocycles. The third-order valence-electron chi connectivity index (χ3n) is 2.29. The molecule has 1 unspecified atom stereocenters. The Hall–Kier alpha value is -1.52. The van der Waals surface area contributed by atoms with Gasteiger partial charge in [-0.15, -0.1) is 0 Å². The number of nitrogens with zero attached hydrogens (tertiary/aromatic N) is 1. The molecule has 0 bridgehead atoms. The molecule has 2 nitrogen and oxygen atoms in total. The molecule has 1 N–H and O–H groups in total. The van der Waals surface area contributed by atoms with Gasteiger partial charge in [0.05, 0.1) is 12.3 Å². The van der Waals surface area contributed by atoms with Crippen LogP contribution in [0.15, 0.2) is 35.4 Å². The first-order valence-electron chi connectivity index (χ1n) is 4.51. The first-order valence-corrected chi connectivity index (χ1v) is 4.51. The Labute approximate surface area is 84.8 Å². The molecular weight excluding hydrogens is 205 g/mol. The summed E-state index contributed by atoms with van der Waals surface area (Å²) in [6, 6.07) is 8.41. The van der Waals surface area contributed by atoms with E-state index >= 15 is 0 Å². The largest absolute Gasteiger partial charge is 0.399 e. The van der Waals surface area contributed by atoms with Crippen LogP contribution in [0, 0.1) is 5.92 Å². The minimum atomic E-state index is -4.24. The fourth-order valence-corrected chi connectivity index (χ4v) is 1.54. The second kappa shape index (κ2) is 3.56. The highest BCUT2D eigenvalue weighted by Crippen LogP contribution is 2.31. The molecule has 1 aromatic rings. The van der Waals surface area contributed by atoms with E-state index in [0.717, 1.165) is 0 Å². The zero-order chi connectivity index (χ0) is 10.9. The summed E-state index contributed by atoms with van der Waals surface area (Å²) in [7, 11) is 0. The zero-order valence-electron chi connectivity index (χ0n) is 7.75. The molecule has 0 saturated carbocycles. The van der Waals surface area contributed by atoms with E-state index in [1.807, 2.05) is 0 Å². The van der Waals surface area contributed by atoms with E-state index in [0.29, 0.717) is 5.56 Å². The molecule has 2 rings (SSSR count). The Morgan fingerprint density at radius 2 is 1.87 bits per heavy atom. The lowest BCUT2D eigenvalue weighted by molar-refractivity contribution is -0.152. The predicted molar refractivity (Wildman–Crippen MR) is 50.5 cm³/mol. The van der Waals surface area contributed by atoms with E-state index in [4.69, 9.17) is 0 Å². The maximum absolute atomic E-state index is 12.6. The van der Waals surface area contributed by atoms with Gasteiger partial charge in [-0.25, -0.2) is 0 Å². The molecule has 0 spiro atoms. The van der Waals surface area contributed by atoms with E-state index in [9.17, 15) is 13.2 Å². The molecule has 0 saturated heterocycles. The van der Waals surface area contributed by atoms with Crippen LogP contribution in [0.4, 0.5) is 13.2 Å². The van der Waals surface area contributed by atoms with Crippen molar-refractivity contribution in [3.8, 4) is 0 Å². The quantitative estimate of drug-likeness (QED) is 0.761. The summed E-state index contributed by atoms with van der Waals surface area (Å²) in [4.78, 5) is 0. The smallest absolute Gasteiger partial charge is 0.309 e. The maximum Gasteiger partial charge on any atom is 0.399 e. The van der Waals surface area contributed by atoms with Crippen molar-refractivity contribution in [3.63, 3.8) is 0 Å². The summed E-state index contributed by atoms with van der Waals surface area (Å²) in [5.74, 6) is -1.50. The van der Waals surface area contributed by atoms with Crippen molar-refractivity contribution in [3.05, 3.63) is 35.9 Å². The molecule has 1 aliphatic rings. The minimum absolute atomic E-state index is 0.0723. The van der Waals surface area contributed by atoms with E-state index in [1.165, 1.54) is 0 Å². The fourth-order valence-electron chi connectivity index (χ4n) is 1.54. The van der Waals surface area contributed by atoms with Crippen molar-refractivity contribution in [2.45, 2.75) is 6.18 Å². The van der Waals surface area contributed by atoms with Gasteiger partial charge in [-0.05, 0) is 5.56 Å². The highest BCUT2D eigenvalue weighted by atomic mass is 19.4. The van der Waals surface area contributed by atoms with Gasteiger partial charge in [-0.3, -0.25) is 0 Å². The Morgan fingerprint density at radius 3 is 2.47 bits per heavy atom. The molecule has 1 aromatic carbocycles. The Bertz CT molecular complexity index is 370. The average Bonchev–Trinajstić information content (AvgIpc) is 2.67. The molecule has 15 heavy (non-hydrogen) atoms. The van der Waals surface area contributed by atoms with Crippen molar-refractivity contribution in [1.29, 1.82) is 0 Å². The molecule has 1 atom stereocenters. The van der Waals surface area contributed by atoms with Gasteiger partial charge >= 0.3 is 6.18 Å². The monoisotopic (exact) mass is 214 g/mol. The van der Waals surface area contributed by atoms with Gasteiger partial charge in [0.1, 0.15) is 5.92 Å². The van der Waals surface area contributed by atoms with Crippen LogP contribution in [-0.4, -0.2) is 18.4 Å². The van der Waals surface area contributed by atoms with Crippen LogP contribution in [0.5, 0.6) is 0 Å². The highest BCUT2D eigenvalue weighted by molar-refractivity contribution is 6.03. The van der Waals surface area contributed by atoms with E-state index in [-0.39, 0.29) is 12.3 Å². The summed E-state index contributed by atoms with van der Waals surface area (Å²) >= 11 is 0. The highest BCUT2D eigenvalue weighted by Gasteiger charge is 2.45. The molecule has 0 aliphatic carbocycles. The van der Waals surface area contributed by atoms with Crippen molar-refractivity contribution in [2.24, 2.45) is 11.0 Å². The van der Waals surface area contributed by atoms with Gasteiger partial charge in [-0.1, -0.05) is 30.3 Å². The van der Waals surface area contributed by atoms with Crippen molar-refractivity contribution in [1.82, 2.24) is 5.43 Å². The normalized spacial score (nSPS) is 21.0. The Kier molecular flexibility index (Phi) is 2.38. The van der Waals surface area contributed by atoms with Crippen LogP contribution in [0.3, 0.4) is 0 Å². The summed E-state index contributed by atoms with van der Waals surface area (Å²) in [5, 5.41) is 3.70. The Morgan fingerprint density at radius 1 is 1.20 bits per heavy atom. The lowest BCUT2D eigenvalue weighted by atomic mass is 9.97. The lowest BCUT2D eigenvalue weighted by Gasteiger charge is -2.15. The van der Waals surface area contributed by atoms with E-state index in [2.05, 4.69) is 10.5 Å². The predicted octanol–water partition coefficient (Wildman–Crippen LogP) is 2.17. The maximum atomic E-state index is 12.6. The van der Waals surface area contributed by atoms with E-state index in [1.54, 1.807) is 30.3 Å². The number of benzene rings is 1. The van der Waals surface area contributed by atoms with Crippen molar-refractivity contribution in [2.75, 3.05) is 6.54 Å². The lowest BCUT2D eigenvalue weighted by Crippen LogP contribution is -2.32. The van der Waals surface area contributed by atoms with Crippen LogP contribution in [0.1, 0.15) is 5.56 Å². The third kappa shape index (κ3) is 1.95. The second-order valence-corrected chi connectivity index (χ2v) is 3.32. The van der Waals surface area contributed by atoms with Crippen LogP contribution in [0.2, 0.25) is 0 Å². The Balaban J connectivity index is 2.30. The molecule has 5 heteroatoms. The van der Waals surface area contributed by atoms with Crippen molar-refractivity contribution < 1.29 is 13.2 Å². The number of rotatable bonds is 1. The summed E-state index contributed by atoms with van der Waals surface area (Å²) in [6.45, 7) is -0.173. The summed E-state index contributed by atoms with van der Waals surface area (Å²) in [6.07, 6.45) is -4.24. The first kappa shape index (κ1) is 10.0. The molecule has 0 aromatic heterocycles. The number of halogens is 3.